The highest BCUT2D eigenvalue weighted by Gasteiger charge is 2.43. The number of hydrogen-bond acceptors (Lipinski definition) is 4. The molecule has 0 unspecified atom stereocenters. The molecule has 0 aromatic carbocycles. The van der Waals surface area contributed by atoms with Crippen molar-refractivity contribution in [1.29, 1.82) is 0 Å². The second-order valence-corrected chi connectivity index (χ2v) is 6.07. The summed E-state index contributed by atoms with van der Waals surface area (Å²) in [5.74, 6) is 0.976. The fraction of sp³-hybridized carbons (Fsp3) is 0.412. The second kappa shape index (κ2) is 5.16. The van der Waals surface area contributed by atoms with Crippen LogP contribution in [0.2, 0.25) is 0 Å². The summed E-state index contributed by atoms with van der Waals surface area (Å²) in [4.78, 5) is 28.0. The van der Waals surface area contributed by atoms with Crippen LogP contribution in [0.4, 0.5) is 0 Å². The Labute approximate surface area is 129 Å². The van der Waals surface area contributed by atoms with Crippen LogP contribution in [-0.4, -0.2) is 31.8 Å². The van der Waals surface area contributed by atoms with Crippen LogP contribution >= 0.6 is 0 Å². The predicted octanol–water partition coefficient (Wildman–Crippen LogP) is 2.01. The van der Waals surface area contributed by atoms with E-state index in [1.807, 2.05) is 31.3 Å². The zero-order chi connectivity index (χ0) is 15.1. The molecule has 2 aromatic rings. The topological polar surface area (TPSA) is 59.0 Å². The standard InChI is InChI=1S/C17H18N4O/c1-11-19-10-14-15(20-11)9-13-5-6-16(14)21(13)17(22)8-12-4-2-3-7-18-12/h2-4,7,10,13,16H,5-6,8-9H2,1H3/t13-,16+/m1/s1. The highest BCUT2D eigenvalue weighted by atomic mass is 16.2. The molecule has 2 atom stereocenters. The van der Waals surface area contributed by atoms with Gasteiger partial charge in [0.05, 0.1) is 18.2 Å². The summed E-state index contributed by atoms with van der Waals surface area (Å²) in [6.45, 7) is 1.92. The number of rotatable bonds is 2. The lowest BCUT2D eigenvalue weighted by molar-refractivity contribution is -0.134. The molecular formula is C17H18N4O. The summed E-state index contributed by atoms with van der Waals surface area (Å²) in [5, 5.41) is 0. The fourth-order valence-corrected chi connectivity index (χ4v) is 3.71. The van der Waals surface area contributed by atoms with Crippen molar-refractivity contribution in [3.8, 4) is 0 Å². The third-order valence-corrected chi connectivity index (χ3v) is 4.66. The lowest BCUT2D eigenvalue weighted by Crippen LogP contribution is -2.43. The monoisotopic (exact) mass is 294 g/mol. The van der Waals surface area contributed by atoms with E-state index < -0.39 is 0 Å². The molecule has 2 aliphatic rings. The molecule has 2 bridgehead atoms. The molecule has 1 fully saturated rings. The van der Waals surface area contributed by atoms with E-state index in [4.69, 9.17) is 0 Å². The molecule has 1 amide bonds. The van der Waals surface area contributed by atoms with Crippen LogP contribution in [0.1, 0.15) is 41.7 Å². The smallest absolute Gasteiger partial charge is 0.229 e. The Bertz CT molecular complexity index is 716. The highest BCUT2D eigenvalue weighted by Crippen LogP contribution is 2.43. The Morgan fingerprint density at radius 1 is 1.32 bits per heavy atom. The molecule has 2 aliphatic heterocycles. The van der Waals surface area contributed by atoms with Crippen molar-refractivity contribution < 1.29 is 4.79 Å². The van der Waals surface area contributed by atoms with E-state index in [1.54, 1.807) is 6.20 Å². The lowest BCUT2D eigenvalue weighted by Gasteiger charge is -2.35. The number of nitrogens with zero attached hydrogens (tertiary/aromatic N) is 4. The van der Waals surface area contributed by atoms with Gasteiger partial charge in [0.2, 0.25) is 5.91 Å². The Balaban J connectivity index is 1.61. The first-order valence-electron chi connectivity index (χ1n) is 7.76. The molecule has 1 saturated heterocycles. The average molecular weight is 294 g/mol. The highest BCUT2D eigenvalue weighted by molar-refractivity contribution is 5.80. The molecule has 0 saturated carbocycles. The molecule has 0 spiro atoms. The maximum atomic E-state index is 12.8. The van der Waals surface area contributed by atoms with Crippen LogP contribution < -0.4 is 0 Å². The Kier molecular flexibility index (Phi) is 3.13. The van der Waals surface area contributed by atoms with Crippen molar-refractivity contribution in [1.82, 2.24) is 19.9 Å². The molecule has 0 N–H and O–H groups in total. The second-order valence-electron chi connectivity index (χ2n) is 6.07. The molecule has 4 rings (SSSR count). The summed E-state index contributed by atoms with van der Waals surface area (Å²) < 4.78 is 0. The number of fused-ring (bicyclic) bond motifs is 4. The Morgan fingerprint density at radius 2 is 2.23 bits per heavy atom. The van der Waals surface area contributed by atoms with Gasteiger partial charge in [-0.2, -0.15) is 0 Å². The van der Waals surface area contributed by atoms with E-state index in [-0.39, 0.29) is 18.0 Å². The van der Waals surface area contributed by atoms with Crippen LogP contribution in [0.5, 0.6) is 0 Å². The van der Waals surface area contributed by atoms with Crippen molar-refractivity contribution in [3.63, 3.8) is 0 Å². The summed E-state index contributed by atoms with van der Waals surface area (Å²) >= 11 is 0. The number of pyridine rings is 1. The lowest BCUT2D eigenvalue weighted by atomic mass is 9.98. The molecule has 2 aromatic heterocycles. The molecule has 0 radical (unpaired) electrons. The van der Waals surface area contributed by atoms with E-state index in [9.17, 15) is 4.79 Å². The van der Waals surface area contributed by atoms with Gasteiger partial charge < -0.3 is 4.90 Å². The van der Waals surface area contributed by atoms with Crippen molar-refractivity contribution >= 4 is 5.91 Å². The Morgan fingerprint density at radius 3 is 3.05 bits per heavy atom. The number of aryl methyl sites for hydroxylation is 1. The van der Waals surface area contributed by atoms with Gasteiger partial charge in [0.15, 0.2) is 0 Å². The van der Waals surface area contributed by atoms with E-state index in [0.717, 1.165) is 42.0 Å². The van der Waals surface area contributed by atoms with Crippen molar-refractivity contribution in [2.75, 3.05) is 0 Å². The molecule has 112 valence electrons. The first-order chi connectivity index (χ1) is 10.7. The zero-order valence-corrected chi connectivity index (χ0v) is 12.6. The minimum atomic E-state index is 0.144. The molecule has 5 heteroatoms. The summed E-state index contributed by atoms with van der Waals surface area (Å²) in [6.07, 6.45) is 6.93. The average Bonchev–Trinajstić information content (AvgIpc) is 2.84. The van der Waals surface area contributed by atoms with Gasteiger partial charge in [0, 0.05) is 36.1 Å². The number of carbonyl (C=O) groups is 1. The minimum Gasteiger partial charge on any atom is -0.332 e. The van der Waals surface area contributed by atoms with Gasteiger partial charge in [0.25, 0.3) is 0 Å². The predicted molar refractivity (Wildman–Crippen MR) is 81.0 cm³/mol. The maximum absolute atomic E-state index is 12.8. The third-order valence-electron chi connectivity index (χ3n) is 4.66. The third kappa shape index (κ3) is 2.17. The number of amides is 1. The normalized spacial score (nSPS) is 22.5. The van der Waals surface area contributed by atoms with E-state index in [0.29, 0.717) is 6.42 Å². The van der Waals surface area contributed by atoms with Gasteiger partial charge in [-0.3, -0.25) is 9.78 Å². The van der Waals surface area contributed by atoms with Crippen molar-refractivity contribution in [3.05, 3.63) is 53.4 Å². The van der Waals surface area contributed by atoms with Crippen LogP contribution in [0.25, 0.3) is 0 Å². The maximum Gasteiger partial charge on any atom is 0.229 e. The van der Waals surface area contributed by atoms with Gasteiger partial charge >= 0.3 is 0 Å². The number of carbonyl (C=O) groups excluding carboxylic acids is 1. The number of aromatic nitrogens is 3. The SMILES string of the molecule is Cc1ncc2c(n1)C[C@H]1CC[C@@H]2N1C(=O)Cc1ccccn1. The first-order valence-corrected chi connectivity index (χ1v) is 7.76. The quantitative estimate of drug-likeness (QED) is 0.850. The van der Waals surface area contributed by atoms with Crippen molar-refractivity contribution in [2.24, 2.45) is 0 Å². The van der Waals surface area contributed by atoms with E-state index in [2.05, 4.69) is 19.9 Å². The minimum absolute atomic E-state index is 0.144. The van der Waals surface area contributed by atoms with E-state index >= 15 is 0 Å². The van der Waals surface area contributed by atoms with Gasteiger partial charge in [-0.25, -0.2) is 9.97 Å². The summed E-state index contributed by atoms with van der Waals surface area (Å²) in [7, 11) is 0. The largest absolute Gasteiger partial charge is 0.332 e. The van der Waals surface area contributed by atoms with Crippen LogP contribution in [0.3, 0.4) is 0 Å². The molecule has 22 heavy (non-hydrogen) atoms. The van der Waals surface area contributed by atoms with E-state index in [1.165, 1.54) is 0 Å². The van der Waals surface area contributed by atoms with Gasteiger partial charge in [-0.05, 0) is 31.9 Å². The van der Waals surface area contributed by atoms with Crippen LogP contribution in [0.15, 0.2) is 30.6 Å². The fourth-order valence-electron chi connectivity index (χ4n) is 3.71. The molecule has 4 heterocycles. The van der Waals surface area contributed by atoms with Crippen LogP contribution in [0, 0.1) is 6.92 Å². The molecule has 0 aliphatic carbocycles. The van der Waals surface area contributed by atoms with Gasteiger partial charge in [0.1, 0.15) is 5.82 Å². The Hall–Kier alpha value is -2.30. The van der Waals surface area contributed by atoms with Crippen molar-refractivity contribution in [2.45, 2.75) is 44.7 Å². The number of hydrogen-bond donors (Lipinski definition) is 0. The van der Waals surface area contributed by atoms with Gasteiger partial charge in [-0.1, -0.05) is 6.07 Å². The molecular weight excluding hydrogens is 276 g/mol. The van der Waals surface area contributed by atoms with Gasteiger partial charge in [-0.15, -0.1) is 0 Å². The zero-order valence-electron chi connectivity index (χ0n) is 12.6. The molecule has 5 nitrogen and oxygen atoms in total. The summed E-state index contributed by atoms with van der Waals surface area (Å²) in [5.41, 5.74) is 3.09. The summed E-state index contributed by atoms with van der Waals surface area (Å²) in [6, 6.07) is 6.12. The van der Waals surface area contributed by atoms with Crippen LogP contribution in [-0.2, 0) is 17.6 Å². The first kappa shape index (κ1) is 13.4.